The molecule has 3 rings (SSSR count). The number of imidazole rings is 1. The van der Waals surface area contributed by atoms with Crippen molar-refractivity contribution in [2.75, 3.05) is 5.32 Å². The van der Waals surface area contributed by atoms with E-state index in [2.05, 4.69) is 15.5 Å². The SMILES string of the molecule is Cc1cc(C(=O)Nc2ccc(-n3cnc(C)c3C)cc2)no1. The second-order valence-electron chi connectivity index (χ2n) is 5.11. The fraction of sp³-hybridized carbons (Fsp3) is 0.188. The summed E-state index contributed by atoms with van der Waals surface area (Å²) in [5.41, 5.74) is 4.05. The summed E-state index contributed by atoms with van der Waals surface area (Å²) in [5, 5.41) is 6.48. The van der Waals surface area contributed by atoms with E-state index in [1.807, 2.05) is 42.7 Å². The van der Waals surface area contributed by atoms with Gasteiger partial charge in [0.05, 0.1) is 12.0 Å². The summed E-state index contributed by atoms with van der Waals surface area (Å²) in [4.78, 5) is 16.3. The lowest BCUT2D eigenvalue weighted by Crippen LogP contribution is -2.12. The van der Waals surface area contributed by atoms with Crippen molar-refractivity contribution in [2.24, 2.45) is 0 Å². The van der Waals surface area contributed by atoms with E-state index in [9.17, 15) is 4.79 Å². The molecule has 22 heavy (non-hydrogen) atoms. The fourth-order valence-electron chi connectivity index (χ4n) is 2.13. The summed E-state index contributed by atoms with van der Waals surface area (Å²) in [7, 11) is 0. The highest BCUT2D eigenvalue weighted by Crippen LogP contribution is 2.17. The van der Waals surface area contributed by atoms with Crippen LogP contribution >= 0.6 is 0 Å². The van der Waals surface area contributed by atoms with Gasteiger partial charge in [0, 0.05) is 23.1 Å². The van der Waals surface area contributed by atoms with Crippen LogP contribution in [0, 0.1) is 20.8 Å². The number of hydrogen-bond donors (Lipinski definition) is 1. The summed E-state index contributed by atoms with van der Waals surface area (Å²) < 4.78 is 6.90. The average Bonchev–Trinajstić information content (AvgIpc) is 3.08. The number of carbonyl (C=O) groups excluding carboxylic acids is 1. The quantitative estimate of drug-likeness (QED) is 0.806. The van der Waals surface area contributed by atoms with Crippen molar-refractivity contribution in [3.63, 3.8) is 0 Å². The van der Waals surface area contributed by atoms with Gasteiger partial charge in [-0.15, -0.1) is 0 Å². The number of amides is 1. The van der Waals surface area contributed by atoms with Gasteiger partial charge in [-0.25, -0.2) is 4.98 Å². The third kappa shape index (κ3) is 2.63. The van der Waals surface area contributed by atoms with Crippen LogP contribution in [0.3, 0.4) is 0 Å². The Labute approximate surface area is 127 Å². The molecule has 112 valence electrons. The molecule has 0 radical (unpaired) electrons. The zero-order chi connectivity index (χ0) is 15.7. The first-order valence-electron chi connectivity index (χ1n) is 6.90. The van der Waals surface area contributed by atoms with Crippen LogP contribution in [0.25, 0.3) is 5.69 Å². The van der Waals surface area contributed by atoms with Crippen LogP contribution in [0.5, 0.6) is 0 Å². The zero-order valence-electron chi connectivity index (χ0n) is 12.6. The lowest BCUT2D eigenvalue weighted by atomic mass is 10.2. The van der Waals surface area contributed by atoms with Crippen LogP contribution in [0.1, 0.15) is 27.6 Å². The second kappa shape index (κ2) is 5.48. The second-order valence-corrected chi connectivity index (χ2v) is 5.11. The predicted octanol–water partition coefficient (Wildman–Crippen LogP) is 3.04. The van der Waals surface area contributed by atoms with Gasteiger partial charge in [-0.3, -0.25) is 4.79 Å². The molecule has 0 saturated carbocycles. The molecule has 2 aromatic heterocycles. The van der Waals surface area contributed by atoms with Crippen molar-refractivity contribution in [1.29, 1.82) is 0 Å². The van der Waals surface area contributed by atoms with Crippen molar-refractivity contribution in [3.05, 3.63) is 59.5 Å². The van der Waals surface area contributed by atoms with E-state index in [1.165, 1.54) is 0 Å². The molecular weight excluding hydrogens is 280 g/mol. The Morgan fingerprint density at radius 2 is 1.91 bits per heavy atom. The molecule has 0 atom stereocenters. The number of rotatable bonds is 3. The topological polar surface area (TPSA) is 73.0 Å². The maximum atomic E-state index is 12.0. The van der Waals surface area contributed by atoms with Crippen molar-refractivity contribution in [2.45, 2.75) is 20.8 Å². The first-order chi connectivity index (χ1) is 10.5. The van der Waals surface area contributed by atoms with Gasteiger partial charge >= 0.3 is 0 Å². The zero-order valence-corrected chi connectivity index (χ0v) is 12.6. The van der Waals surface area contributed by atoms with Crippen molar-refractivity contribution in [1.82, 2.24) is 14.7 Å². The standard InChI is InChI=1S/C16H16N4O2/c1-10-8-15(19-22-10)16(21)18-13-4-6-14(7-5-13)20-9-17-11(2)12(20)3/h4-9H,1-3H3,(H,18,21). The highest BCUT2D eigenvalue weighted by atomic mass is 16.5. The maximum Gasteiger partial charge on any atom is 0.277 e. The molecule has 0 saturated heterocycles. The molecule has 3 aromatic rings. The van der Waals surface area contributed by atoms with Crippen molar-refractivity contribution in [3.8, 4) is 5.69 Å². The Morgan fingerprint density at radius 1 is 1.18 bits per heavy atom. The number of aryl methyl sites for hydroxylation is 2. The summed E-state index contributed by atoms with van der Waals surface area (Å²) in [6.45, 7) is 5.74. The molecule has 6 nitrogen and oxygen atoms in total. The first kappa shape index (κ1) is 14.1. The Morgan fingerprint density at radius 3 is 2.45 bits per heavy atom. The van der Waals surface area contributed by atoms with Crippen molar-refractivity contribution < 1.29 is 9.32 Å². The molecule has 0 unspecified atom stereocenters. The Bertz CT molecular complexity index is 815. The summed E-state index contributed by atoms with van der Waals surface area (Å²) >= 11 is 0. The third-order valence-corrected chi connectivity index (χ3v) is 3.52. The molecule has 1 N–H and O–H groups in total. The largest absolute Gasteiger partial charge is 0.361 e. The van der Waals surface area contributed by atoms with Crippen LogP contribution in [0.4, 0.5) is 5.69 Å². The van der Waals surface area contributed by atoms with Gasteiger partial charge < -0.3 is 14.4 Å². The van der Waals surface area contributed by atoms with Crippen LogP contribution in [0.15, 0.2) is 41.2 Å². The van der Waals surface area contributed by atoms with E-state index in [0.29, 0.717) is 11.4 Å². The van der Waals surface area contributed by atoms with E-state index >= 15 is 0 Å². The van der Waals surface area contributed by atoms with Gasteiger partial charge in [-0.2, -0.15) is 0 Å². The molecule has 1 aromatic carbocycles. The van der Waals surface area contributed by atoms with Gasteiger partial charge in [-0.05, 0) is 45.0 Å². The number of nitrogens with one attached hydrogen (secondary N) is 1. The molecule has 1 amide bonds. The normalized spacial score (nSPS) is 10.7. The summed E-state index contributed by atoms with van der Waals surface area (Å²) in [5.74, 6) is 0.311. The number of hydrogen-bond acceptors (Lipinski definition) is 4. The third-order valence-electron chi connectivity index (χ3n) is 3.52. The molecule has 0 aliphatic heterocycles. The number of nitrogens with zero attached hydrogens (tertiary/aromatic N) is 3. The maximum absolute atomic E-state index is 12.0. The highest BCUT2D eigenvalue weighted by molar-refractivity contribution is 6.02. The smallest absolute Gasteiger partial charge is 0.277 e. The number of carbonyl (C=O) groups is 1. The minimum atomic E-state index is -0.292. The summed E-state index contributed by atoms with van der Waals surface area (Å²) in [6, 6.07) is 9.14. The number of aromatic nitrogens is 3. The minimum Gasteiger partial charge on any atom is -0.361 e. The minimum absolute atomic E-state index is 0.266. The molecule has 0 aliphatic rings. The van der Waals surface area contributed by atoms with Crippen LogP contribution in [0.2, 0.25) is 0 Å². The molecule has 2 heterocycles. The van der Waals surface area contributed by atoms with E-state index in [1.54, 1.807) is 19.3 Å². The van der Waals surface area contributed by atoms with E-state index < -0.39 is 0 Å². The van der Waals surface area contributed by atoms with Gasteiger partial charge in [0.1, 0.15) is 5.76 Å². The van der Waals surface area contributed by atoms with Gasteiger partial charge in [0.25, 0.3) is 5.91 Å². The van der Waals surface area contributed by atoms with Crippen LogP contribution in [-0.4, -0.2) is 20.6 Å². The lowest BCUT2D eigenvalue weighted by molar-refractivity contribution is 0.101. The number of anilines is 1. The highest BCUT2D eigenvalue weighted by Gasteiger charge is 2.11. The monoisotopic (exact) mass is 296 g/mol. The van der Waals surface area contributed by atoms with E-state index in [-0.39, 0.29) is 11.6 Å². The Hall–Kier alpha value is -2.89. The van der Waals surface area contributed by atoms with Crippen LogP contribution in [-0.2, 0) is 0 Å². The Balaban J connectivity index is 1.77. The molecule has 0 spiro atoms. The van der Waals surface area contributed by atoms with Crippen molar-refractivity contribution >= 4 is 11.6 Å². The molecular formula is C16H16N4O2. The average molecular weight is 296 g/mol. The molecule has 0 bridgehead atoms. The lowest BCUT2D eigenvalue weighted by Gasteiger charge is -2.07. The van der Waals surface area contributed by atoms with Gasteiger partial charge in [0.2, 0.25) is 0 Å². The molecule has 0 aliphatic carbocycles. The van der Waals surface area contributed by atoms with Gasteiger partial charge in [-0.1, -0.05) is 5.16 Å². The Kier molecular flexibility index (Phi) is 3.50. The first-order valence-corrected chi connectivity index (χ1v) is 6.90. The van der Waals surface area contributed by atoms with E-state index in [4.69, 9.17) is 4.52 Å². The molecule has 0 fully saturated rings. The predicted molar refractivity (Wildman–Crippen MR) is 82.2 cm³/mol. The molecule has 6 heteroatoms. The van der Waals surface area contributed by atoms with Crippen LogP contribution < -0.4 is 5.32 Å². The fourth-order valence-corrected chi connectivity index (χ4v) is 2.13. The summed E-state index contributed by atoms with van der Waals surface area (Å²) in [6.07, 6.45) is 1.79. The number of benzene rings is 1. The van der Waals surface area contributed by atoms with Gasteiger partial charge in [0.15, 0.2) is 5.69 Å². The van der Waals surface area contributed by atoms with E-state index in [0.717, 1.165) is 17.1 Å².